The molecule has 0 fully saturated rings. The Morgan fingerprint density at radius 2 is 1.95 bits per heavy atom. The van der Waals surface area contributed by atoms with Crippen LogP contribution in [0.5, 0.6) is 5.75 Å². The number of hydrogen-bond acceptors (Lipinski definition) is 2. The number of ether oxygens (including phenoxy) is 1. The van der Waals surface area contributed by atoms with Crippen LogP contribution in [0.25, 0.3) is 0 Å². The maximum absolute atomic E-state index is 13.5. The van der Waals surface area contributed by atoms with Crippen molar-refractivity contribution >= 4 is 23.3 Å². The van der Waals surface area contributed by atoms with Crippen LogP contribution in [0.4, 0.5) is 14.9 Å². The van der Waals surface area contributed by atoms with Gasteiger partial charge in [-0.05, 0) is 42.3 Å². The number of carbonyl (C=O) groups excluding carboxylic acids is 1. The van der Waals surface area contributed by atoms with Crippen LogP contribution in [-0.4, -0.2) is 19.7 Å². The molecule has 0 aliphatic heterocycles. The lowest BCUT2D eigenvalue weighted by molar-refractivity contribution is 0.252. The number of hydrogen-bond donors (Lipinski definition) is 2. The number of nitrogens with one attached hydrogen (secondary N) is 2. The van der Waals surface area contributed by atoms with Gasteiger partial charge in [-0.15, -0.1) is 0 Å². The molecule has 0 spiro atoms. The third-order valence-electron chi connectivity index (χ3n) is 3.04. The highest BCUT2D eigenvalue weighted by Gasteiger charge is 2.06. The van der Waals surface area contributed by atoms with Gasteiger partial charge in [0, 0.05) is 11.6 Å². The summed E-state index contributed by atoms with van der Waals surface area (Å²) in [4.78, 5) is 11.7. The zero-order chi connectivity index (χ0) is 15.9. The van der Waals surface area contributed by atoms with E-state index < -0.39 is 11.8 Å². The predicted octanol–water partition coefficient (Wildman–Crippen LogP) is 3.85. The van der Waals surface area contributed by atoms with Crippen molar-refractivity contribution < 1.29 is 13.9 Å². The van der Waals surface area contributed by atoms with E-state index in [1.807, 2.05) is 24.3 Å². The van der Waals surface area contributed by atoms with Crippen LogP contribution >= 0.6 is 11.6 Å². The van der Waals surface area contributed by atoms with E-state index >= 15 is 0 Å². The van der Waals surface area contributed by atoms with E-state index in [2.05, 4.69) is 10.6 Å². The van der Waals surface area contributed by atoms with Crippen LogP contribution in [0.2, 0.25) is 5.02 Å². The van der Waals surface area contributed by atoms with E-state index in [1.54, 1.807) is 7.11 Å². The molecule has 4 nitrogen and oxygen atoms in total. The van der Waals surface area contributed by atoms with Gasteiger partial charge in [0.25, 0.3) is 0 Å². The number of anilines is 1. The Bertz CT molecular complexity index is 647. The van der Waals surface area contributed by atoms with E-state index in [4.69, 9.17) is 16.3 Å². The first-order valence-corrected chi connectivity index (χ1v) is 7.09. The second-order valence-corrected chi connectivity index (χ2v) is 5.04. The molecular weight excluding hydrogens is 307 g/mol. The van der Waals surface area contributed by atoms with E-state index in [0.717, 1.165) is 17.4 Å². The summed E-state index contributed by atoms with van der Waals surface area (Å²) in [5.41, 5.74) is 1.16. The van der Waals surface area contributed by atoms with Gasteiger partial charge in [-0.2, -0.15) is 0 Å². The Kier molecular flexibility index (Phi) is 5.61. The maximum Gasteiger partial charge on any atom is 0.319 e. The average Bonchev–Trinajstić information content (AvgIpc) is 2.51. The monoisotopic (exact) mass is 322 g/mol. The molecular formula is C16H16ClFN2O2. The van der Waals surface area contributed by atoms with Gasteiger partial charge < -0.3 is 15.4 Å². The summed E-state index contributed by atoms with van der Waals surface area (Å²) in [6.07, 6.45) is 0.667. The molecule has 116 valence electrons. The second kappa shape index (κ2) is 7.66. The van der Waals surface area contributed by atoms with Crippen LogP contribution in [0, 0.1) is 5.82 Å². The molecule has 0 bridgehead atoms. The zero-order valence-electron chi connectivity index (χ0n) is 12.0. The number of rotatable bonds is 5. The molecule has 0 aliphatic rings. The molecule has 2 N–H and O–H groups in total. The Balaban J connectivity index is 1.79. The highest BCUT2D eigenvalue weighted by Crippen LogP contribution is 2.18. The lowest BCUT2D eigenvalue weighted by Gasteiger charge is -2.09. The van der Waals surface area contributed by atoms with Gasteiger partial charge in [-0.3, -0.25) is 0 Å². The molecule has 0 unspecified atom stereocenters. The molecule has 6 heteroatoms. The van der Waals surface area contributed by atoms with Gasteiger partial charge >= 0.3 is 6.03 Å². The molecule has 2 aromatic rings. The first-order chi connectivity index (χ1) is 10.6. The topological polar surface area (TPSA) is 50.4 Å². The van der Waals surface area contributed by atoms with Crippen LogP contribution in [-0.2, 0) is 6.42 Å². The van der Waals surface area contributed by atoms with E-state index in [0.29, 0.717) is 13.0 Å². The van der Waals surface area contributed by atoms with Gasteiger partial charge in [0.2, 0.25) is 0 Å². The van der Waals surface area contributed by atoms with Crippen LogP contribution in [0.1, 0.15) is 5.56 Å². The molecule has 0 aromatic heterocycles. The highest BCUT2D eigenvalue weighted by atomic mass is 35.5. The number of methoxy groups -OCH3 is 1. The minimum atomic E-state index is -0.571. The Morgan fingerprint density at radius 3 is 2.59 bits per heavy atom. The van der Waals surface area contributed by atoms with Gasteiger partial charge in [-0.1, -0.05) is 23.7 Å². The SMILES string of the molecule is COc1ccc(CCNC(=O)Nc2ccc(Cl)cc2F)cc1. The van der Waals surface area contributed by atoms with Crippen molar-refractivity contribution in [2.24, 2.45) is 0 Å². The van der Waals surface area contributed by atoms with Gasteiger partial charge in [0.1, 0.15) is 11.6 Å². The Hall–Kier alpha value is -2.27. The van der Waals surface area contributed by atoms with Crippen LogP contribution in [0.3, 0.4) is 0 Å². The predicted molar refractivity (Wildman–Crippen MR) is 85.1 cm³/mol. The molecule has 0 radical (unpaired) electrons. The molecule has 22 heavy (non-hydrogen) atoms. The number of amides is 2. The molecule has 2 amide bonds. The van der Waals surface area contributed by atoms with Gasteiger partial charge in [0.15, 0.2) is 0 Å². The third kappa shape index (κ3) is 4.63. The lowest BCUT2D eigenvalue weighted by Crippen LogP contribution is -2.30. The first-order valence-electron chi connectivity index (χ1n) is 6.71. The molecule has 0 atom stereocenters. The number of urea groups is 1. The number of halogens is 2. The highest BCUT2D eigenvalue weighted by molar-refractivity contribution is 6.30. The normalized spacial score (nSPS) is 10.1. The first kappa shape index (κ1) is 16.1. The summed E-state index contributed by atoms with van der Waals surface area (Å²) in [5.74, 6) is 0.213. The van der Waals surface area contributed by atoms with Crippen molar-refractivity contribution in [3.63, 3.8) is 0 Å². The fraction of sp³-hybridized carbons (Fsp3) is 0.188. The van der Waals surface area contributed by atoms with Crippen molar-refractivity contribution in [1.82, 2.24) is 5.32 Å². The summed E-state index contributed by atoms with van der Waals surface area (Å²) >= 11 is 5.65. The van der Waals surface area contributed by atoms with E-state index in [-0.39, 0.29) is 10.7 Å². The van der Waals surface area contributed by atoms with Crippen molar-refractivity contribution in [1.29, 1.82) is 0 Å². The fourth-order valence-corrected chi connectivity index (χ4v) is 2.03. The van der Waals surface area contributed by atoms with E-state index in [1.165, 1.54) is 12.1 Å². The minimum absolute atomic E-state index is 0.0892. The van der Waals surface area contributed by atoms with Crippen LogP contribution < -0.4 is 15.4 Å². The largest absolute Gasteiger partial charge is 0.497 e. The standard InChI is InChI=1S/C16H16ClFN2O2/c1-22-13-5-2-11(3-6-13)8-9-19-16(21)20-15-7-4-12(17)10-14(15)18/h2-7,10H,8-9H2,1H3,(H2,19,20,21). The molecule has 2 aromatic carbocycles. The second-order valence-electron chi connectivity index (χ2n) is 4.60. The summed E-state index contributed by atoms with van der Waals surface area (Å²) in [6, 6.07) is 11.2. The fourth-order valence-electron chi connectivity index (χ4n) is 1.87. The third-order valence-corrected chi connectivity index (χ3v) is 3.27. The summed E-state index contributed by atoms with van der Waals surface area (Å²) in [6.45, 7) is 0.438. The van der Waals surface area contributed by atoms with Crippen molar-refractivity contribution in [2.75, 3.05) is 19.0 Å². The quantitative estimate of drug-likeness (QED) is 0.878. The number of benzene rings is 2. The molecule has 0 saturated carbocycles. The van der Waals surface area contributed by atoms with Gasteiger partial charge in [0.05, 0.1) is 12.8 Å². The zero-order valence-corrected chi connectivity index (χ0v) is 12.8. The smallest absolute Gasteiger partial charge is 0.319 e. The maximum atomic E-state index is 13.5. The van der Waals surface area contributed by atoms with Crippen molar-refractivity contribution in [3.8, 4) is 5.75 Å². The molecule has 0 aliphatic carbocycles. The summed E-state index contributed by atoms with van der Waals surface area (Å²) in [5, 5.41) is 5.39. The molecule has 0 saturated heterocycles. The van der Waals surface area contributed by atoms with Crippen molar-refractivity contribution in [3.05, 3.63) is 58.9 Å². The summed E-state index contributed by atoms with van der Waals surface area (Å²) < 4.78 is 18.6. The van der Waals surface area contributed by atoms with E-state index in [9.17, 15) is 9.18 Å². The van der Waals surface area contributed by atoms with Crippen LogP contribution in [0.15, 0.2) is 42.5 Å². The summed E-state index contributed by atoms with van der Waals surface area (Å²) in [7, 11) is 1.61. The molecule has 0 heterocycles. The van der Waals surface area contributed by atoms with Gasteiger partial charge in [-0.25, -0.2) is 9.18 Å². The Morgan fingerprint density at radius 1 is 1.23 bits per heavy atom. The lowest BCUT2D eigenvalue weighted by atomic mass is 10.1. The number of carbonyl (C=O) groups is 1. The van der Waals surface area contributed by atoms with Crippen molar-refractivity contribution in [2.45, 2.75) is 6.42 Å². The Labute approximate surface area is 133 Å². The minimum Gasteiger partial charge on any atom is -0.497 e. The average molecular weight is 323 g/mol. The molecule has 2 rings (SSSR count).